The number of aromatic nitrogens is 2. The largest absolute Gasteiger partial charge is 0.415 e. The zero-order valence-corrected chi connectivity index (χ0v) is 27.7. The molecule has 7 heteroatoms. The highest BCUT2D eigenvalue weighted by molar-refractivity contribution is 6.12. The molecule has 0 saturated carbocycles. The van der Waals surface area contributed by atoms with Crippen molar-refractivity contribution >= 4 is 49.3 Å². The Morgan fingerprint density at radius 1 is 0.580 bits per heavy atom. The molecular formula is C43H29F3N4. The number of hydrogen-bond acceptors (Lipinski definition) is 1. The molecule has 0 spiro atoms. The molecule has 0 aliphatic rings. The van der Waals surface area contributed by atoms with Crippen molar-refractivity contribution in [3.63, 3.8) is 0 Å². The van der Waals surface area contributed by atoms with E-state index in [-0.39, 0.29) is 16.8 Å². The molecule has 6 aromatic carbocycles. The summed E-state index contributed by atoms with van der Waals surface area (Å²) in [6.07, 6.45) is -4.67. The first-order chi connectivity index (χ1) is 23.9. The predicted octanol–water partition coefficient (Wildman–Crippen LogP) is 12.2. The van der Waals surface area contributed by atoms with Crippen molar-refractivity contribution in [3.8, 4) is 28.6 Å². The normalized spacial score (nSPS) is 11.9. The lowest BCUT2D eigenvalue weighted by molar-refractivity contribution is -0.137. The van der Waals surface area contributed by atoms with Crippen LogP contribution in [-0.2, 0) is 6.18 Å². The third-order valence-electron chi connectivity index (χ3n) is 9.55. The van der Waals surface area contributed by atoms with E-state index < -0.39 is 11.7 Å². The molecule has 0 atom stereocenters. The number of nitriles is 1. The summed E-state index contributed by atoms with van der Waals surface area (Å²) in [5, 5.41) is 14.8. The van der Waals surface area contributed by atoms with Gasteiger partial charge in [-0.25, -0.2) is 4.85 Å². The number of halogens is 3. The lowest BCUT2D eigenvalue weighted by Gasteiger charge is -2.20. The van der Waals surface area contributed by atoms with Crippen LogP contribution in [0.15, 0.2) is 103 Å². The Hall–Kier alpha value is -6.31. The lowest BCUT2D eigenvalue weighted by Crippen LogP contribution is -2.07. The molecule has 50 heavy (non-hydrogen) atoms. The lowest BCUT2D eigenvalue weighted by atomic mass is 9.96. The highest BCUT2D eigenvalue weighted by atomic mass is 19.4. The molecular weight excluding hydrogens is 629 g/mol. The summed E-state index contributed by atoms with van der Waals surface area (Å²) in [6.45, 7) is 15.8. The molecule has 0 saturated heterocycles. The summed E-state index contributed by atoms with van der Waals surface area (Å²) in [6, 6.07) is 34.3. The number of nitrogens with zero attached hydrogens (tertiary/aromatic N) is 4. The Balaban J connectivity index is 1.58. The van der Waals surface area contributed by atoms with E-state index in [2.05, 4.69) is 107 Å². The Morgan fingerprint density at radius 3 is 1.38 bits per heavy atom. The van der Waals surface area contributed by atoms with Crippen LogP contribution in [0.1, 0.15) is 33.4 Å². The Morgan fingerprint density at radius 2 is 1.00 bits per heavy atom. The van der Waals surface area contributed by atoms with Crippen LogP contribution >= 0.6 is 0 Å². The molecule has 0 radical (unpaired) electrons. The SMILES string of the molecule is [C-]#[N+]c1cc(-c2cc(-n3c4ccc(C)cc4c4cc(C)ccc43)c(-n3c4ccc(C)cc4c4cc(C)ccc43)cc2C#N)cc(C(F)(F)F)c1. The maximum atomic E-state index is 14.1. The molecule has 0 unspecified atom stereocenters. The van der Waals surface area contributed by atoms with Crippen molar-refractivity contribution in [1.29, 1.82) is 5.26 Å². The van der Waals surface area contributed by atoms with Gasteiger partial charge in [-0.3, -0.25) is 0 Å². The van der Waals surface area contributed by atoms with Crippen molar-refractivity contribution in [2.45, 2.75) is 33.9 Å². The highest BCUT2D eigenvalue weighted by Gasteiger charge is 2.32. The van der Waals surface area contributed by atoms with E-state index in [1.54, 1.807) is 6.07 Å². The molecule has 2 aromatic heterocycles. The summed E-state index contributed by atoms with van der Waals surface area (Å²) in [4.78, 5) is 3.36. The molecule has 0 aliphatic heterocycles. The molecule has 0 N–H and O–H groups in total. The van der Waals surface area contributed by atoms with Gasteiger partial charge in [-0.15, -0.1) is 0 Å². The van der Waals surface area contributed by atoms with Crippen molar-refractivity contribution in [3.05, 3.63) is 148 Å². The first kappa shape index (κ1) is 31.0. The second kappa shape index (κ2) is 11.1. The van der Waals surface area contributed by atoms with Crippen LogP contribution in [0.2, 0.25) is 0 Å². The fourth-order valence-electron chi connectivity index (χ4n) is 7.28. The molecule has 242 valence electrons. The number of fused-ring (bicyclic) bond motifs is 6. The second-order valence-electron chi connectivity index (χ2n) is 13.1. The van der Waals surface area contributed by atoms with Gasteiger partial charge >= 0.3 is 6.18 Å². The van der Waals surface area contributed by atoms with Gasteiger partial charge in [0.05, 0.1) is 51.6 Å². The van der Waals surface area contributed by atoms with Gasteiger partial charge in [-0.2, -0.15) is 18.4 Å². The van der Waals surface area contributed by atoms with Crippen LogP contribution in [-0.4, -0.2) is 9.13 Å². The van der Waals surface area contributed by atoms with Crippen molar-refractivity contribution < 1.29 is 13.2 Å². The van der Waals surface area contributed by atoms with E-state index in [4.69, 9.17) is 6.57 Å². The molecule has 4 nitrogen and oxygen atoms in total. The zero-order valence-electron chi connectivity index (χ0n) is 27.7. The molecule has 0 fully saturated rings. The van der Waals surface area contributed by atoms with Crippen LogP contribution in [0.5, 0.6) is 0 Å². The average Bonchev–Trinajstić information content (AvgIpc) is 3.57. The van der Waals surface area contributed by atoms with Crippen LogP contribution in [0.25, 0.3) is 71.0 Å². The van der Waals surface area contributed by atoms with Crippen LogP contribution < -0.4 is 0 Å². The van der Waals surface area contributed by atoms with Gasteiger partial charge in [0.15, 0.2) is 5.69 Å². The molecule has 8 aromatic rings. The minimum atomic E-state index is -4.67. The number of aryl methyl sites for hydroxylation is 4. The second-order valence-corrected chi connectivity index (χ2v) is 13.1. The third kappa shape index (κ3) is 4.82. The summed E-state index contributed by atoms with van der Waals surface area (Å²) >= 11 is 0. The van der Waals surface area contributed by atoms with E-state index in [0.29, 0.717) is 16.9 Å². The van der Waals surface area contributed by atoms with Gasteiger partial charge in [0.25, 0.3) is 0 Å². The van der Waals surface area contributed by atoms with E-state index in [1.165, 1.54) is 6.07 Å². The van der Waals surface area contributed by atoms with Crippen LogP contribution in [0, 0.1) is 45.6 Å². The maximum Gasteiger partial charge on any atom is 0.415 e. The van der Waals surface area contributed by atoms with Gasteiger partial charge in [0, 0.05) is 32.7 Å². The van der Waals surface area contributed by atoms with Gasteiger partial charge in [0.2, 0.25) is 0 Å². The number of hydrogen-bond donors (Lipinski definition) is 0. The van der Waals surface area contributed by atoms with Gasteiger partial charge < -0.3 is 9.13 Å². The first-order valence-corrected chi connectivity index (χ1v) is 16.2. The topological polar surface area (TPSA) is 38.0 Å². The molecule has 0 bridgehead atoms. The molecule has 2 heterocycles. The smallest absolute Gasteiger partial charge is 0.307 e. The van der Waals surface area contributed by atoms with Gasteiger partial charge in [-0.05, 0) is 112 Å². The third-order valence-corrected chi connectivity index (χ3v) is 9.55. The number of benzene rings is 6. The molecule has 8 rings (SSSR count). The van der Waals surface area contributed by atoms with Crippen LogP contribution in [0.3, 0.4) is 0 Å². The van der Waals surface area contributed by atoms with Crippen molar-refractivity contribution in [2.24, 2.45) is 0 Å². The fraction of sp³-hybridized carbons (Fsp3) is 0.116. The van der Waals surface area contributed by atoms with Gasteiger partial charge in [0.1, 0.15) is 0 Å². The minimum absolute atomic E-state index is 0.149. The van der Waals surface area contributed by atoms with E-state index in [9.17, 15) is 18.4 Å². The standard InChI is InChI=1S/C43H29F3N4/c1-24-6-10-37-33(14-24)34-15-25(2)7-11-38(34)49(37)41-20-29(23-47)32(28-18-30(43(44,45)46)21-31(19-28)48-5)22-42(41)50-39-12-8-26(3)16-35(39)36-17-27(4)9-13-40(36)50/h6-22H,1-4H3. The van der Waals surface area contributed by atoms with E-state index in [1.807, 2.05) is 19.9 Å². The van der Waals surface area contributed by atoms with E-state index >= 15 is 0 Å². The predicted molar refractivity (Wildman–Crippen MR) is 195 cm³/mol. The average molecular weight is 659 g/mol. The summed E-state index contributed by atoms with van der Waals surface area (Å²) < 4.78 is 46.7. The first-order valence-electron chi connectivity index (χ1n) is 16.2. The van der Waals surface area contributed by atoms with Crippen molar-refractivity contribution in [2.75, 3.05) is 0 Å². The fourth-order valence-corrected chi connectivity index (χ4v) is 7.28. The quantitative estimate of drug-likeness (QED) is 0.174. The number of rotatable bonds is 3. The molecule has 0 aliphatic carbocycles. The van der Waals surface area contributed by atoms with Gasteiger partial charge in [-0.1, -0.05) is 46.5 Å². The number of alkyl halides is 3. The van der Waals surface area contributed by atoms with Crippen molar-refractivity contribution in [1.82, 2.24) is 9.13 Å². The minimum Gasteiger partial charge on any atom is -0.307 e. The van der Waals surface area contributed by atoms with Crippen LogP contribution in [0.4, 0.5) is 18.9 Å². The Labute approximate surface area is 286 Å². The highest BCUT2D eigenvalue weighted by Crippen LogP contribution is 2.43. The monoisotopic (exact) mass is 658 g/mol. The van der Waals surface area contributed by atoms with E-state index in [0.717, 1.165) is 78.0 Å². The maximum absolute atomic E-state index is 14.1. The molecule has 0 amide bonds. The summed E-state index contributed by atoms with van der Waals surface area (Å²) in [5.74, 6) is 0. The summed E-state index contributed by atoms with van der Waals surface area (Å²) in [5.41, 5.74) is 9.10. The Bertz CT molecular complexity index is 2700. The summed E-state index contributed by atoms with van der Waals surface area (Å²) in [7, 11) is 0. The Kier molecular flexibility index (Phi) is 6.89. The zero-order chi connectivity index (χ0) is 35.1.